The number of halogens is 1. The highest BCUT2D eigenvalue weighted by Gasteiger charge is 2.22. The number of benzene rings is 2. The van der Waals surface area contributed by atoms with Crippen LogP contribution < -0.4 is 15.5 Å². The predicted octanol–water partition coefficient (Wildman–Crippen LogP) is 4.99. The van der Waals surface area contributed by atoms with E-state index in [1.807, 2.05) is 6.92 Å². The van der Waals surface area contributed by atoms with Crippen LogP contribution in [0.2, 0.25) is 5.02 Å². The van der Waals surface area contributed by atoms with Gasteiger partial charge in [0.25, 0.3) is 5.91 Å². The van der Waals surface area contributed by atoms with Crippen LogP contribution in [0, 0.1) is 13.8 Å². The molecule has 0 atom stereocenters. The number of esters is 1. The molecular formula is C24H19ClN2O6S. The summed E-state index contributed by atoms with van der Waals surface area (Å²) in [4.78, 5) is 42.0. The molecule has 2 aromatic heterocycles. The number of ether oxygens (including phenoxy) is 2. The Morgan fingerprint density at radius 3 is 2.68 bits per heavy atom. The lowest BCUT2D eigenvalue weighted by Crippen LogP contribution is -2.22. The van der Waals surface area contributed by atoms with Gasteiger partial charge in [-0.05, 0) is 43.7 Å². The molecular weight excluding hydrogens is 480 g/mol. The van der Waals surface area contributed by atoms with Gasteiger partial charge in [0, 0.05) is 5.56 Å². The molecule has 10 heteroatoms. The van der Waals surface area contributed by atoms with E-state index in [0.29, 0.717) is 27.2 Å². The molecule has 0 fully saturated rings. The van der Waals surface area contributed by atoms with E-state index in [1.54, 1.807) is 49.4 Å². The molecule has 0 aliphatic heterocycles. The average Bonchev–Trinajstić information content (AvgIpc) is 3.17. The smallest absolute Gasteiger partial charge is 0.350 e. The number of rotatable bonds is 6. The molecule has 0 aliphatic rings. The molecule has 34 heavy (non-hydrogen) atoms. The third-order valence-corrected chi connectivity index (χ3v) is 6.27. The number of aromatic nitrogens is 1. The molecule has 0 bridgehead atoms. The molecule has 174 valence electrons. The minimum absolute atomic E-state index is 0.125. The van der Waals surface area contributed by atoms with E-state index in [0.717, 1.165) is 16.9 Å². The summed E-state index contributed by atoms with van der Waals surface area (Å²) in [5.41, 5.74) is 1.75. The minimum atomic E-state index is -0.571. The van der Waals surface area contributed by atoms with E-state index >= 15 is 0 Å². The van der Waals surface area contributed by atoms with Crippen molar-refractivity contribution in [1.29, 1.82) is 0 Å². The number of carbonyl (C=O) groups excluding carboxylic acids is 2. The van der Waals surface area contributed by atoms with E-state index in [2.05, 4.69) is 10.3 Å². The van der Waals surface area contributed by atoms with Gasteiger partial charge in [-0.1, -0.05) is 41.1 Å². The van der Waals surface area contributed by atoms with Crippen molar-refractivity contribution >= 4 is 50.9 Å². The molecule has 0 unspecified atom stereocenters. The molecule has 8 nitrogen and oxygen atoms in total. The zero-order chi connectivity index (χ0) is 24.4. The average molecular weight is 499 g/mol. The third-order valence-electron chi connectivity index (χ3n) is 4.89. The third kappa shape index (κ3) is 4.66. The van der Waals surface area contributed by atoms with Gasteiger partial charge in [-0.3, -0.25) is 14.9 Å². The summed E-state index contributed by atoms with van der Waals surface area (Å²) in [5, 5.41) is 3.45. The zero-order valence-corrected chi connectivity index (χ0v) is 20.0. The maximum Gasteiger partial charge on any atom is 0.350 e. The fraction of sp³-hybridized carbons (Fsp3) is 0.167. The molecule has 1 amide bonds. The molecule has 0 radical (unpaired) electrons. The maximum atomic E-state index is 13.3. The largest absolute Gasteiger partial charge is 0.476 e. The number of methoxy groups -OCH3 is 1. The second-order valence-electron chi connectivity index (χ2n) is 7.33. The van der Waals surface area contributed by atoms with Crippen molar-refractivity contribution in [3.8, 4) is 17.1 Å². The Morgan fingerprint density at radius 2 is 1.94 bits per heavy atom. The highest BCUT2D eigenvalue weighted by molar-refractivity contribution is 7.17. The minimum Gasteiger partial charge on any atom is -0.476 e. The molecule has 0 spiro atoms. The number of fused-ring (bicyclic) bond motifs is 1. The summed E-state index contributed by atoms with van der Waals surface area (Å²) in [5.74, 6) is -1.12. The number of carbonyl (C=O) groups is 2. The van der Waals surface area contributed by atoms with Crippen molar-refractivity contribution in [3.63, 3.8) is 0 Å². The molecule has 2 aromatic carbocycles. The Balaban J connectivity index is 1.65. The predicted molar refractivity (Wildman–Crippen MR) is 130 cm³/mol. The van der Waals surface area contributed by atoms with Crippen LogP contribution in [0.25, 0.3) is 22.3 Å². The molecule has 4 aromatic rings. The fourth-order valence-electron chi connectivity index (χ4n) is 3.26. The molecule has 1 N–H and O–H groups in total. The first-order chi connectivity index (χ1) is 16.3. The van der Waals surface area contributed by atoms with Gasteiger partial charge in [-0.2, -0.15) is 0 Å². The van der Waals surface area contributed by atoms with Crippen LogP contribution in [0.1, 0.15) is 20.9 Å². The van der Waals surface area contributed by atoms with Crippen molar-refractivity contribution in [1.82, 2.24) is 4.98 Å². The Labute approximate surface area is 203 Å². The first-order valence-corrected chi connectivity index (χ1v) is 11.3. The van der Waals surface area contributed by atoms with Gasteiger partial charge in [0.05, 0.1) is 23.2 Å². The van der Waals surface area contributed by atoms with Crippen molar-refractivity contribution in [2.45, 2.75) is 13.8 Å². The topological polar surface area (TPSA) is 108 Å². The number of nitrogens with zero attached hydrogens (tertiary/aromatic N) is 1. The number of anilines is 1. The van der Waals surface area contributed by atoms with Gasteiger partial charge in [-0.15, -0.1) is 0 Å². The lowest BCUT2D eigenvalue weighted by Gasteiger charge is -2.12. The normalized spacial score (nSPS) is 10.8. The summed E-state index contributed by atoms with van der Waals surface area (Å²) in [6.07, 6.45) is 0. The number of nitrogens with one attached hydrogen (secondary N) is 1. The Hall–Kier alpha value is -3.69. The first kappa shape index (κ1) is 23.5. The number of hydrogen-bond donors (Lipinski definition) is 1. The zero-order valence-electron chi connectivity index (χ0n) is 18.4. The van der Waals surface area contributed by atoms with Gasteiger partial charge in [0.15, 0.2) is 17.5 Å². The van der Waals surface area contributed by atoms with Crippen LogP contribution >= 0.6 is 22.9 Å². The van der Waals surface area contributed by atoms with E-state index in [9.17, 15) is 14.4 Å². The lowest BCUT2D eigenvalue weighted by molar-refractivity contribution is -0.118. The number of amides is 1. The molecule has 0 saturated carbocycles. The second kappa shape index (κ2) is 9.66. The molecule has 0 aliphatic carbocycles. The quantitative estimate of drug-likeness (QED) is 0.373. The SMILES string of the molecule is COC(=O)c1sc(NC(=O)COc2c(-c3ccccc3Cl)oc3cc(C)ccc3c2=O)nc1C. The van der Waals surface area contributed by atoms with E-state index < -0.39 is 23.9 Å². The second-order valence-corrected chi connectivity index (χ2v) is 8.74. The highest BCUT2D eigenvalue weighted by atomic mass is 35.5. The fourth-order valence-corrected chi connectivity index (χ4v) is 4.38. The van der Waals surface area contributed by atoms with Crippen molar-refractivity contribution in [2.24, 2.45) is 0 Å². The van der Waals surface area contributed by atoms with Crippen LogP contribution in [-0.4, -0.2) is 30.6 Å². The van der Waals surface area contributed by atoms with E-state index in [4.69, 9.17) is 25.5 Å². The monoisotopic (exact) mass is 498 g/mol. The molecule has 0 saturated heterocycles. The van der Waals surface area contributed by atoms with Gasteiger partial charge in [0.2, 0.25) is 11.2 Å². The number of thiazole rings is 1. The maximum absolute atomic E-state index is 13.3. The standard InChI is InChI=1S/C24H19ClN2O6S/c1-12-8-9-15-17(10-12)33-20(14-6-4-5-7-16(14)25)21(19(15)29)32-11-18(28)27-24-26-13(2)22(34-24)23(30)31-3/h4-10H,11H2,1-3H3,(H,26,27,28). The van der Waals surface area contributed by atoms with Crippen LogP contribution in [0.15, 0.2) is 51.7 Å². The first-order valence-electron chi connectivity index (χ1n) is 10.1. The van der Waals surface area contributed by atoms with Crippen molar-refractivity contribution in [3.05, 3.63) is 73.8 Å². The van der Waals surface area contributed by atoms with Crippen LogP contribution in [-0.2, 0) is 9.53 Å². The van der Waals surface area contributed by atoms with Crippen molar-refractivity contribution in [2.75, 3.05) is 19.0 Å². The molecule has 4 rings (SSSR count). The van der Waals surface area contributed by atoms with Crippen LogP contribution in [0.5, 0.6) is 5.75 Å². The summed E-state index contributed by atoms with van der Waals surface area (Å²) >= 11 is 7.33. The lowest BCUT2D eigenvalue weighted by atomic mass is 10.1. The Bertz CT molecular complexity index is 1480. The summed E-state index contributed by atoms with van der Waals surface area (Å²) in [7, 11) is 1.26. The Kier molecular flexibility index (Phi) is 6.67. The number of hydrogen-bond acceptors (Lipinski definition) is 8. The Morgan fingerprint density at radius 1 is 1.18 bits per heavy atom. The van der Waals surface area contributed by atoms with Crippen LogP contribution in [0.4, 0.5) is 5.13 Å². The van der Waals surface area contributed by atoms with Gasteiger partial charge in [0.1, 0.15) is 10.5 Å². The molecule has 2 heterocycles. The number of aryl methyl sites for hydroxylation is 2. The van der Waals surface area contributed by atoms with Crippen molar-refractivity contribution < 1.29 is 23.5 Å². The van der Waals surface area contributed by atoms with Gasteiger partial charge >= 0.3 is 5.97 Å². The van der Waals surface area contributed by atoms with Gasteiger partial charge in [-0.25, -0.2) is 9.78 Å². The highest BCUT2D eigenvalue weighted by Crippen LogP contribution is 2.35. The summed E-state index contributed by atoms with van der Waals surface area (Å²) in [6.45, 7) is 3.02. The van der Waals surface area contributed by atoms with Gasteiger partial charge < -0.3 is 13.9 Å². The van der Waals surface area contributed by atoms with Crippen LogP contribution in [0.3, 0.4) is 0 Å². The summed E-state index contributed by atoms with van der Waals surface area (Å²) in [6, 6.07) is 12.0. The van der Waals surface area contributed by atoms with E-state index in [1.165, 1.54) is 7.11 Å². The summed E-state index contributed by atoms with van der Waals surface area (Å²) < 4.78 is 16.4. The van der Waals surface area contributed by atoms with E-state index in [-0.39, 0.29) is 21.5 Å².